The molecular weight excluding hydrogens is 395 g/mol. The van der Waals surface area contributed by atoms with E-state index in [1.807, 2.05) is 0 Å². The van der Waals surface area contributed by atoms with Crippen LogP contribution < -0.4 is 10.1 Å². The maximum atomic E-state index is 13.5. The summed E-state index contributed by atoms with van der Waals surface area (Å²) >= 11 is 0. The van der Waals surface area contributed by atoms with Gasteiger partial charge in [-0.25, -0.2) is 14.4 Å². The van der Waals surface area contributed by atoms with E-state index in [2.05, 4.69) is 41.1 Å². The third kappa shape index (κ3) is 4.06. The number of oxime groups is 1. The molecule has 1 aliphatic rings. The minimum Gasteiger partial charge on any atom is -0.494 e. The molecule has 1 aliphatic heterocycles. The lowest BCUT2D eigenvalue weighted by Gasteiger charge is -2.09. The van der Waals surface area contributed by atoms with Gasteiger partial charge in [0.1, 0.15) is 17.2 Å². The van der Waals surface area contributed by atoms with Crippen LogP contribution in [0.4, 0.5) is 4.39 Å². The quantitative estimate of drug-likeness (QED) is 0.616. The van der Waals surface area contributed by atoms with E-state index in [0.717, 1.165) is 0 Å². The van der Waals surface area contributed by atoms with Gasteiger partial charge < -0.3 is 14.9 Å². The molecule has 3 heterocycles. The average molecular weight is 412 g/mol. The van der Waals surface area contributed by atoms with Crippen LogP contribution >= 0.6 is 0 Å². The van der Waals surface area contributed by atoms with E-state index in [-0.39, 0.29) is 18.0 Å². The highest BCUT2D eigenvalue weighted by Gasteiger charge is 2.28. The topological polar surface area (TPSA) is 140 Å². The van der Waals surface area contributed by atoms with Gasteiger partial charge in [-0.3, -0.25) is 4.79 Å². The van der Waals surface area contributed by atoms with Crippen molar-refractivity contribution >= 4 is 11.6 Å². The number of rotatable bonds is 6. The number of H-pyrrole nitrogens is 1. The molecule has 11 nitrogen and oxygen atoms in total. The van der Waals surface area contributed by atoms with Crippen LogP contribution in [0.15, 0.2) is 29.4 Å². The molecule has 0 saturated heterocycles. The van der Waals surface area contributed by atoms with Gasteiger partial charge >= 0.3 is 0 Å². The lowest BCUT2D eigenvalue weighted by atomic mass is 10.1. The standard InChI is InChI=1S/C18H17FN8O3/c1-9-21-12(13-7-16(30-25-13)17-23-26-27-24-17)6-14(22-9)18(28)20-8-10-3-4-11(19)15(5-10)29-2/h3-6,16H,7-8H2,1-2H3,(H,20,28)(H,23,24,26,27). The summed E-state index contributed by atoms with van der Waals surface area (Å²) < 4.78 is 18.5. The molecule has 0 saturated carbocycles. The number of tetrazole rings is 1. The summed E-state index contributed by atoms with van der Waals surface area (Å²) in [6.07, 6.45) is -0.0911. The minimum atomic E-state index is -0.472. The normalized spacial score (nSPS) is 15.4. The third-order valence-corrected chi connectivity index (χ3v) is 4.35. The Morgan fingerprint density at radius 2 is 2.23 bits per heavy atom. The first-order chi connectivity index (χ1) is 14.5. The first-order valence-corrected chi connectivity index (χ1v) is 8.96. The molecule has 12 heteroatoms. The number of aromatic nitrogens is 6. The summed E-state index contributed by atoms with van der Waals surface area (Å²) in [4.78, 5) is 26.5. The van der Waals surface area contributed by atoms with Crippen molar-refractivity contribution in [2.75, 3.05) is 7.11 Å². The molecule has 1 aromatic carbocycles. The monoisotopic (exact) mass is 412 g/mol. The van der Waals surface area contributed by atoms with Crippen molar-refractivity contribution in [3.63, 3.8) is 0 Å². The Morgan fingerprint density at radius 3 is 3.00 bits per heavy atom. The van der Waals surface area contributed by atoms with Crippen LogP contribution in [0.5, 0.6) is 5.75 Å². The lowest BCUT2D eigenvalue weighted by Crippen LogP contribution is -2.25. The number of halogens is 1. The Morgan fingerprint density at radius 1 is 1.37 bits per heavy atom. The zero-order chi connectivity index (χ0) is 21.1. The number of aromatic amines is 1. The van der Waals surface area contributed by atoms with Crippen molar-refractivity contribution in [3.05, 3.63) is 58.7 Å². The summed E-state index contributed by atoms with van der Waals surface area (Å²) in [7, 11) is 1.38. The highest BCUT2D eigenvalue weighted by atomic mass is 19.1. The van der Waals surface area contributed by atoms with Gasteiger partial charge in [0, 0.05) is 13.0 Å². The third-order valence-electron chi connectivity index (χ3n) is 4.35. The predicted octanol–water partition coefficient (Wildman–Crippen LogP) is 1.24. The summed E-state index contributed by atoms with van der Waals surface area (Å²) in [5.74, 6) is 0.0259. The predicted molar refractivity (Wildman–Crippen MR) is 100 cm³/mol. The summed E-state index contributed by atoms with van der Waals surface area (Å²) in [5.41, 5.74) is 1.89. The number of hydrogen-bond donors (Lipinski definition) is 2. The molecule has 0 fully saturated rings. The summed E-state index contributed by atoms with van der Waals surface area (Å²) in [6.45, 7) is 1.86. The number of hydrogen-bond acceptors (Lipinski definition) is 9. The zero-order valence-electron chi connectivity index (χ0n) is 16.1. The van der Waals surface area contributed by atoms with E-state index in [0.29, 0.717) is 35.0 Å². The summed E-state index contributed by atoms with van der Waals surface area (Å²) in [6, 6.07) is 5.91. The van der Waals surface area contributed by atoms with Gasteiger partial charge in [0.15, 0.2) is 17.7 Å². The van der Waals surface area contributed by atoms with Crippen molar-refractivity contribution in [1.29, 1.82) is 0 Å². The van der Waals surface area contributed by atoms with Gasteiger partial charge in [0.05, 0.1) is 12.8 Å². The molecule has 0 bridgehead atoms. The zero-order valence-corrected chi connectivity index (χ0v) is 16.1. The molecule has 1 atom stereocenters. The largest absolute Gasteiger partial charge is 0.494 e. The smallest absolute Gasteiger partial charge is 0.270 e. The number of ether oxygens (including phenoxy) is 1. The molecule has 4 rings (SSSR count). The number of amides is 1. The molecule has 3 aromatic rings. The minimum absolute atomic E-state index is 0.109. The van der Waals surface area contributed by atoms with E-state index in [9.17, 15) is 9.18 Å². The SMILES string of the molecule is COc1cc(CNC(=O)c2cc(C3=NOC(c4nn[nH]n4)C3)nc(C)n2)ccc1F. The van der Waals surface area contributed by atoms with Crippen molar-refractivity contribution < 1.29 is 18.8 Å². The summed E-state index contributed by atoms with van der Waals surface area (Å²) in [5, 5.41) is 20.4. The van der Waals surface area contributed by atoms with Gasteiger partial charge in [-0.1, -0.05) is 16.4 Å². The first kappa shape index (κ1) is 19.4. The van der Waals surface area contributed by atoms with Crippen LogP contribution in [0.1, 0.15) is 45.9 Å². The Bertz CT molecular complexity index is 1100. The van der Waals surface area contributed by atoms with Crippen LogP contribution in [0.3, 0.4) is 0 Å². The van der Waals surface area contributed by atoms with Gasteiger partial charge in [-0.2, -0.15) is 5.21 Å². The molecule has 0 spiro atoms. The number of nitrogens with zero attached hydrogens (tertiary/aromatic N) is 6. The molecule has 2 aromatic heterocycles. The number of carbonyl (C=O) groups is 1. The highest BCUT2D eigenvalue weighted by Crippen LogP contribution is 2.26. The number of methoxy groups -OCH3 is 1. The number of nitrogens with one attached hydrogen (secondary N) is 2. The Labute approximate surface area is 169 Å². The average Bonchev–Trinajstić information content (AvgIpc) is 3.44. The maximum Gasteiger partial charge on any atom is 0.270 e. The first-order valence-electron chi connectivity index (χ1n) is 8.96. The van der Waals surface area contributed by atoms with E-state index >= 15 is 0 Å². The van der Waals surface area contributed by atoms with Gasteiger partial charge in [0.2, 0.25) is 5.82 Å². The van der Waals surface area contributed by atoms with Crippen LogP contribution in [-0.2, 0) is 11.4 Å². The molecule has 0 radical (unpaired) electrons. The maximum absolute atomic E-state index is 13.5. The second-order valence-corrected chi connectivity index (χ2v) is 6.44. The second-order valence-electron chi connectivity index (χ2n) is 6.44. The van der Waals surface area contributed by atoms with Crippen molar-refractivity contribution in [3.8, 4) is 5.75 Å². The van der Waals surface area contributed by atoms with Gasteiger partial charge in [0.25, 0.3) is 5.91 Å². The fraction of sp³-hybridized carbons (Fsp3) is 0.278. The Hall–Kier alpha value is -3.96. The van der Waals surface area contributed by atoms with Gasteiger partial charge in [-0.15, -0.1) is 10.2 Å². The van der Waals surface area contributed by atoms with Crippen molar-refractivity contribution in [2.45, 2.75) is 26.0 Å². The van der Waals surface area contributed by atoms with E-state index in [4.69, 9.17) is 9.57 Å². The molecule has 30 heavy (non-hydrogen) atoms. The molecule has 154 valence electrons. The highest BCUT2D eigenvalue weighted by molar-refractivity contribution is 6.01. The van der Waals surface area contributed by atoms with Crippen LogP contribution in [0.25, 0.3) is 0 Å². The van der Waals surface area contributed by atoms with E-state index in [1.165, 1.54) is 25.3 Å². The lowest BCUT2D eigenvalue weighted by molar-refractivity contribution is 0.0791. The molecule has 0 aliphatic carbocycles. The molecule has 1 unspecified atom stereocenters. The van der Waals surface area contributed by atoms with Crippen molar-refractivity contribution in [2.24, 2.45) is 5.16 Å². The fourth-order valence-corrected chi connectivity index (χ4v) is 2.89. The molecule has 1 amide bonds. The van der Waals surface area contributed by atoms with Crippen LogP contribution in [0, 0.1) is 12.7 Å². The number of carbonyl (C=O) groups excluding carboxylic acids is 1. The van der Waals surface area contributed by atoms with Gasteiger partial charge in [-0.05, 0) is 30.7 Å². The fourth-order valence-electron chi connectivity index (χ4n) is 2.89. The van der Waals surface area contributed by atoms with Crippen LogP contribution in [-0.4, -0.2) is 49.3 Å². The number of benzene rings is 1. The van der Waals surface area contributed by atoms with E-state index < -0.39 is 17.8 Å². The van der Waals surface area contributed by atoms with Crippen molar-refractivity contribution in [1.82, 2.24) is 35.9 Å². The molecule has 2 N–H and O–H groups in total. The Balaban J connectivity index is 1.46. The molecular formula is C18H17FN8O3. The Kier molecular flexibility index (Phi) is 5.28. The second kappa shape index (κ2) is 8.19. The van der Waals surface area contributed by atoms with E-state index in [1.54, 1.807) is 13.0 Å². The number of aryl methyl sites for hydroxylation is 1. The van der Waals surface area contributed by atoms with Crippen LogP contribution in [0.2, 0.25) is 0 Å².